The number of ether oxygens (including phenoxy) is 1. The zero-order valence-corrected chi connectivity index (χ0v) is 13.3. The van der Waals surface area contributed by atoms with Crippen LogP contribution in [0.1, 0.15) is 54.4 Å². The SMILES string of the molecule is CCC(C)(C)C1CC=C(C(C(=O)O)C(C)(C)C)C(=O)O1. The molecule has 4 heteroatoms. The zero-order chi connectivity index (χ0) is 15.7. The number of carboxylic acids is 1. The fourth-order valence-corrected chi connectivity index (χ4v) is 2.47. The molecule has 0 saturated carbocycles. The van der Waals surface area contributed by atoms with Crippen molar-refractivity contribution in [3.63, 3.8) is 0 Å². The van der Waals surface area contributed by atoms with Gasteiger partial charge >= 0.3 is 11.9 Å². The van der Waals surface area contributed by atoms with Crippen LogP contribution in [0.2, 0.25) is 0 Å². The van der Waals surface area contributed by atoms with Gasteiger partial charge in [0.2, 0.25) is 0 Å². The van der Waals surface area contributed by atoms with Gasteiger partial charge in [-0.25, -0.2) is 4.79 Å². The molecule has 0 amide bonds. The molecular formula is C16H26O4. The van der Waals surface area contributed by atoms with Crippen molar-refractivity contribution in [2.75, 3.05) is 0 Å². The van der Waals surface area contributed by atoms with E-state index in [1.54, 1.807) is 6.08 Å². The number of rotatable bonds is 4. The highest BCUT2D eigenvalue weighted by molar-refractivity contribution is 5.96. The van der Waals surface area contributed by atoms with Crippen molar-refractivity contribution in [2.24, 2.45) is 16.7 Å². The highest BCUT2D eigenvalue weighted by Crippen LogP contribution is 2.38. The highest BCUT2D eigenvalue weighted by Gasteiger charge is 2.42. The molecule has 4 nitrogen and oxygen atoms in total. The van der Waals surface area contributed by atoms with E-state index in [0.29, 0.717) is 6.42 Å². The van der Waals surface area contributed by atoms with Crippen molar-refractivity contribution in [1.29, 1.82) is 0 Å². The van der Waals surface area contributed by atoms with Gasteiger partial charge in [-0.2, -0.15) is 0 Å². The molecule has 0 saturated heterocycles. The van der Waals surface area contributed by atoms with Crippen molar-refractivity contribution in [3.05, 3.63) is 11.6 Å². The standard InChI is InChI=1S/C16H26O4/c1-7-16(5,6)11-9-8-10(14(19)20-11)12(13(17)18)15(2,3)4/h8,11-12H,7,9H2,1-6H3,(H,17,18). The monoisotopic (exact) mass is 282 g/mol. The fourth-order valence-electron chi connectivity index (χ4n) is 2.47. The van der Waals surface area contributed by atoms with E-state index >= 15 is 0 Å². The van der Waals surface area contributed by atoms with Crippen LogP contribution in [0.3, 0.4) is 0 Å². The number of aliphatic carboxylic acids is 1. The summed E-state index contributed by atoms with van der Waals surface area (Å²) in [5, 5.41) is 9.40. The molecule has 1 N–H and O–H groups in total. The first kappa shape index (κ1) is 16.7. The van der Waals surface area contributed by atoms with Crippen LogP contribution in [0, 0.1) is 16.7 Å². The lowest BCUT2D eigenvalue weighted by Crippen LogP contribution is -2.40. The van der Waals surface area contributed by atoms with E-state index in [1.165, 1.54) is 0 Å². The summed E-state index contributed by atoms with van der Waals surface area (Å²) in [4.78, 5) is 23.7. The number of hydrogen-bond donors (Lipinski definition) is 1. The van der Waals surface area contributed by atoms with Gasteiger partial charge in [0.1, 0.15) is 6.10 Å². The Morgan fingerprint density at radius 3 is 2.30 bits per heavy atom. The third kappa shape index (κ3) is 3.41. The molecule has 0 bridgehead atoms. The van der Waals surface area contributed by atoms with Crippen molar-refractivity contribution >= 4 is 11.9 Å². The van der Waals surface area contributed by atoms with Crippen molar-refractivity contribution in [2.45, 2.75) is 60.5 Å². The number of hydrogen-bond acceptors (Lipinski definition) is 3. The van der Waals surface area contributed by atoms with Gasteiger partial charge in [0.05, 0.1) is 5.92 Å². The molecule has 2 unspecified atom stereocenters. The first-order chi connectivity index (χ1) is 9.00. The van der Waals surface area contributed by atoms with Gasteiger partial charge in [0, 0.05) is 17.4 Å². The Morgan fingerprint density at radius 1 is 1.40 bits per heavy atom. The first-order valence-electron chi connectivity index (χ1n) is 7.14. The predicted octanol–water partition coefficient (Wildman–Crippen LogP) is 3.41. The van der Waals surface area contributed by atoms with Gasteiger partial charge in [-0.15, -0.1) is 0 Å². The molecule has 1 rings (SSSR count). The van der Waals surface area contributed by atoms with Crippen LogP contribution >= 0.6 is 0 Å². The molecule has 0 spiro atoms. The molecule has 1 heterocycles. The molecule has 0 aliphatic carbocycles. The molecule has 1 aliphatic heterocycles. The minimum absolute atomic E-state index is 0.0991. The Kier molecular flexibility index (Phi) is 4.67. The molecule has 2 atom stereocenters. The van der Waals surface area contributed by atoms with E-state index in [-0.39, 0.29) is 17.1 Å². The summed E-state index contributed by atoms with van der Waals surface area (Å²) in [6.07, 6.45) is 3.06. The van der Waals surface area contributed by atoms with Crippen LogP contribution in [0.4, 0.5) is 0 Å². The summed E-state index contributed by atoms with van der Waals surface area (Å²) in [7, 11) is 0. The molecule has 0 aromatic rings. The number of carboxylic acid groups (broad SMARTS) is 1. The minimum atomic E-state index is -0.978. The van der Waals surface area contributed by atoms with Crippen LogP contribution in [-0.2, 0) is 14.3 Å². The van der Waals surface area contributed by atoms with Crippen LogP contribution in [0.5, 0.6) is 0 Å². The average Bonchev–Trinajstić information content (AvgIpc) is 2.29. The minimum Gasteiger partial charge on any atom is -0.481 e. The van der Waals surface area contributed by atoms with E-state index in [4.69, 9.17) is 4.74 Å². The Balaban J connectivity index is 3.05. The lowest BCUT2D eigenvalue weighted by Gasteiger charge is -2.37. The van der Waals surface area contributed by atoms with E-state index in [2.05, 4.69) is 20.8 Å². The third-order valence-electron chi connectivity index (χ3n) is 4.24. The molecule has 0 fully saturated rings. The van der Waals surface area contributed by atoms with Crippen LogP contribution in [0.15, 0.2) is 11.6 Å². The van der Waals surface area contributed by atoms with E-state index in [0.717, 1.165) is 6.42 Å². The Hall–Kier alpha value is -1.32. The number of carbonyl (C=O) groups excluding carboxylic acids is 1. The van der Waals surface area contributed by atoms with Gasteiger partial charge in [-0.3, -0.25) is 4.79 Å². The number of esters is 1. The van der Waals surface area contributed by atoms with Gasteiger partial charge in [-0.05, 0) is 11.8 Å². The smallest absolute Gasteiger partial charge is 0.334 e. The Bertz CT molecular complexity index is 426. The van der Waals surface area contributed by atoms with Gasteiger partial charge in [0.25, 0.3) is 0 Å². The molecule has 1 aliphatic rings. The third-order valence-corrected chi connectivity index (χ3v) is 4.24. The summed E-state index contributed by atoms with van der Waals surface area (Å²) in [6.45, 7) is 11.6. The summed E-state index contributed by atoms with van der Waals surface area (Å²) < 4.78 is 5.51. The van der Waals surface area contributed by atoms with Crippen molar-refractivity contribution in [3.8, 4) is 0 Å². The maximum absolute atomic E-state index is 12.2. The lowest BCUT2D eigenvalue weighted by atomic mass is 9.74. The molecule has 20 heavy (non-hydrogen) atoms. The van der Waals surface area contributed by atoms with Gasteiger partial charge in [0.15, 0.2) is 0 Å². The quantitative estimate of drug-likeness (QED) is 0.803. The van der Waals surface area contributed by atoms with Crippen molar-refractivity contribution < 1.29 is 19.4 Å². The zero-order valence-electron chi connectivity index (χ0n) is 13.3. The summed E-state index contributed by atoms with van der Waals surface area (Å²) >= 11 is 0. The molecule has 0 aromatic carbocycles. The molecule has 0 aromatic heterocycles. The van der Waals surface area contributed by atoms with Crippen LogP contribution < -0.4 is 0 Å². The van der Waals surface area contributed by atoms with Gasteiger partial charge in [-0.1, -0.05) is 47.6 Å². The normalized spacial score (nSPS) is 22.0. The Morgan fingerprint density at radius 2 is 1.95 bits per heavy atom. The maximum Gasteiger partial charge on any atom is 0.334 e. The lowest BCUT2D eigenvalue weighted by molar-refractivity contribution is -0.157. The summed E-state index contributed by atoms with van der Waals surface area (Å²) in [6, 6.07) is 0. The largest absolute Gasteiger partial charge is 0.481 e. The maximum atomic E-state index is 12.2. The first-order valence-corrected chi connectivity index (χ1v) is 7.14. The second kappa shape index (κ2) is 5.58. The molecule has 114 valence electrons. The second-order valence-corrected chi connectivity index (χ2v) is 7.27. The fraction of sp³-hybridized carbons (Fsp3) is 0.750. The topological polar surface area (TPSA) is 63.6 Å². The van der Waals surface area contributed by atoms with Crippen LogP contribution in [0.25, 0.3) is 0 Å². The summed E-state index contributed by atoms with van der Waals surface area (Å²) in [5.74, 6) is -2.29. The molecular weight excluding hydrogens is 256 g/mol. The van der Waals surface area contributed by atoms with Gasteiger partial charge < -0.3 is 9.84 Å². The second-order valence-electron chi connectivity index (χ2n) is 7.27. The number of carbonyl (C=O) groups is 2. The number of cyclic esters (lactones) is 1. The summed E-state index contributed by atoms with van der Waals surface area (Å²) in [5.41, 5.74) is -0.338. The highest BCUT2D eigenvalue weighted by atomic mass is 16.5. The predicted molar refractivity (Wildman–Crippen MR) is 77.2 cm³/mol. The molecule has 0 radical (unpaired) electrons. The van der Waals surface area contributed by atoms with E-state index < -0.39 is 23.3 Å². The van der Waals surface area contributed by atoms with E-state index in [1.807, 2.05) is 20.8 Å². The average molecular weight is 282 g/mol. The van der Waals surface area contributed by atoms with Crippen molar-refractivity contribution in [1.82, 2.24) is 0 Å². The van der Waals surface area contributed by atoms with E-state index in [9.17, 15) is 14.7 Å². The Labute approximate surface area is 121 Å². The van der Waals surface area contributed by atoms with Crippen LogP contribution in [-0.4, -0.2) is 23.1 Å².